The van der Waals surface area contributed by atoms with Gasteiger partial charge in [0.2, 0.25) is 15.2 Å². The fourth-order valence-electron chi connectivity index (χ4n) is 2.14. The molecule has 3 aromatic rings. The normalized spacial score (nSPS) is 11.5. The van der Waals surface area contributed by atoms with E-state index in [1.165, 1.54) is 11.3 Å². The lowest BCUT2D eigenvalue weighted by molar-refractivity contribution is 0.593. The van der Waals surface area contributed by atoms with Crippen LogP contribution in [0.4, 0.5) is 10.8 Å². The lowest BCUT2D eigenvalue weighted by atomic mass is 10.2. The minimum atomic E-state index is -3.33. The molecule has 0 spiro atoms. The smallest absolute Gasteiger partial charge is 0.235 e. The molecular formula is C18H20N4O2S2. The number of benzene rings is 2. The van der Waals surface area contributed by atoms with Gasteiger partial charge in [-0.2, -0.15) is 0 Å². The van der Waals surface area contributed by atoms with Gasteiger partial charge in [0.25, 0.3) is 0 Å². The van der Waals surface area contributed by atoms with Crippen molar-refractivity contribution in [1.82, 2.24) is 10.2 Å². The fourth-order valence-corrected chi connectivity index (χ4v) is 3.59. The van der Waals surface area contributed by atoms with Crippen LogP contribution in [0.2, 0.25) is 0 Å². The Morgan fingerprint density at radius 3 is 2.35 bits per heavy atom. The summed E-state index contributed by atoms with van der Waals surface area (Å²) < 4.78 is 26.3. The van der Waals surface area contributed by atoms with E-state index in [4.69, 9.17) is 0 Å². The topological polar surface area (TPSA) is 84.0 Å². The van der Waals surface area contributed by atoms with Gasteiger partial charge in [0.05, 0.1) is 5.25 Å². The van der Waals surface area contributed by atoms with Gasteiger partial charge in [-0.15, -0.1) is 10.2 Å². The highest BCUT2D eigenvalue weighted by atomic mass is 32.2. The molecule has 26 heavy (non-hydrogen) atoms. The first kappa shape index (κ1) is 18.3. The summed E-state index contributed by atoms with van der Waals surface area (Å²) in [4.78, 5) is 0. The Hall–Kier alpha value is -2.45. The molecule has 1 heterocycles. The molecular weight excluding hydrogens is 368 g/mol. The van der Waals surface area contributed by atoms with Crippen molar-refractivity contribution in [2.45, 2.75) is 25.6 Å². The van der Waals surface area contributed by atoms with Crippen molar-refractivity contribution in [3.05, 3.63) is 60.2 Å². The molecule has 0 saturated carbocycles. The molecule has 3 rings (SSSR count). The molecule has 0 aliphatic carbocycles. The van der Waals surface area contributed by atoms with Crippen LogP contribution in [0.25, 0.3) is 10.6 Å². The molecule has 0 amide bonds. The number of nitrogens with one attached hydrogen (secondary N) is 2. The SMILES string of the molecule is CC(C)S(=O)(=O)Nc1ccc(CNc2nnc(-c3ccccc3)s2)cc1. The molecule has 2 N–H and O–H groups in total. The van der Waals surface area contributed by atoms with Crippen LogP contribution >= 0.6 is 11.3 Å². The zero-order chi connectivity index (χ0) is 18.6. The molecule has 0 radical (unpaired) electrons. The zero-order valence-corrected chi connectivity index (χ0v) is 16.1. The number of sulfonamides is 1. The molecule has 8 heteroatoms. The average molecular weight is 389 g/mol. The van der Waals surface area contributed by atoms with Crippen LogP contribution in [0, 0.1) is 0 Å². The van der Waals surface area contributed by atoms with E-state index in [1.807, 2.05) is 42.5 Å². The maximum atomic E-state index is 11.9. The Morgan fingerprint density at radius 1 is 1.00 bits per heavy atom. The third-order valence-corrected chi connectivity index (χ3v) is 6.42. The van der Waals surface area contributed by atoms with E-state index in [0.717, 1.165) is 21.3 Å². The summed E-state index contributed by atoms with van der Waals surface area (Å²) in [6.45, 7) is 3.87. The number of hydrogen-bond donors (Lipinski definition) is 2. The Morgan fingerprint density at radius 2 is 1.69 bits per heavy atom. The zero-order valence-electron chi connectivity index (χ0n) is 14.5. The van der Waals surface area contributed by atoms with Gasteiger partial charge in [-0.25, -0.2) is 8.42 Å². The minimum Gasteiger partial charge on any atom is -0.356 e. The molecule has 0 saturated heterocycles. The van der Waals surface area contributed by atoms with E-state index in [9.17, 15) is 8.42 Å². The molecule has 0 fully saturated rings. The standard InChI is InChI=1S/C18H20N4O2S2/c1-13(2)26(23,24)22-16-10-8-14(9-11-16)12-19-18-21-20-17(25-18)15-6-4-3-5-7-15/h3-11,13,22H,12H2,1-2H3,(H,19,21). The minimum absolute atomic E-state index is 0.472. The first-order valence-electron chi connectivity index (χ1n) is 8.17. The van der Waals surface area contributed by atoms with Gasteiger partial charge < -0.3 is 5.32 Å². The number of anilines is 2. The van der Waals surface area contributed by atoms with Gasteiger partial charge in [0.1, 0.15) is 5.01 Å². The van der Waals surface area contributed by atoms with Crippen LogP contribution < -0.4 is 10.0 Å². The van der Waals surface area contributed by atoms with Crippen molar-refractivity contribution in [1.29, 1.82) is 0 Å². The highest BCUT2D eigenvalue weighted by molar-refractivity contribution is 7.93. The first-order chi connectivity index (χ1) is 12.4. The quantitative estimate of drug-likeness (QED) is 0.640. The third kappa shape index (κ3) is 4.59. The summed E-state index contributed by atoms with van der Waals surface area (Å²) in [5.41, 5.74) is 2.62. The summed E-state index contributed by atoms with van der Waals surface area (Å²) in [6, 6.07) is 17.2. The fraction of sp³-hybridized carbons (Fsp3) is 0.222. The maximum Gasteiger partial charge on any atom is 0.235 e. The van der Waals surface area contributed by atoms with Gasteiger partial charge in [0, 0.05) is 17.8 Å². The van der Waals surface area contributed by atoms with Gasteiger partial charge >= 0.3 is 0 Å². The third-order valence-electron chi connectivity index (χ3n) is 3.72. The second-order valence-corrected chi connectivity index (χ2v) is 9.24. The molecule has 136 valence electrons. The van der Waals surface area contributed by atoms with Crippen molar-refractivity contribution in [2.75, 3.05) is 10.0 Å². The van der Waals surface area contributed by atoms with E-state index in [0.29, 0.717) is 12.2 Å². The van der Waals surface area contributed by atoms with Crippen LogP contribution in [0.3, 0.4) is 0 Å². The van der Waals surface area contributed by atoms with E-state index >= 15 is 0 Å². The van der Waals surface area contributed by atoms with Gasteiger partial charge in [-0.05, 0) is 31.5 Å². The molecule has 0 aliphatic rings. The van der Waals surface area contributed by atoms with Gasteiger partial charge in [0.15, 0.2) is 0 Å². The Kier molecular flexibility index (Phi) is 5.53. The molecule has 6 nitrogen and oxygen atoms in total. The van der Waals surface area contributed by atoms with Crippen LogP contribution in [-0.4, -0.2) is 23.9 Å². The predicted octanol–water partition coefficient (Wildman–Crippen LogP) is 3.97. The maximum absolute atomic E-state index is 11.9. The van der Waals surface area contributed by atoms with E-state index in [2.05, 4.69) is 20.2 Å². The molecule has 0 atom stereocenters. The number of aromatic nitrogens is 2. The summed E-state index contributed by atoms with van der Waals surface area (Å²) in [5, 5.41) is 12.7. The lowest BCUT2D eigenvalue weighted by Gasteiger charge is -2.11. The second-order valence-electron chi connectivity index (χ2n) is 6.02. The van der Waals surface area contributed by atoms with Crippen LogP contribution in [0.5, 0.6) is 0 Å². The Balaban J connectivity index is 1.60. The second kappa shape index (κ2) is 7.84. The van der Waals surface area contributed by atoms with E-state index in [-0.39, 0.29) is 0 Å². The van der Waals surface area contributed by atoms with Crippen molar-refractivity contribution in [3.63, 3.8) is 0 Å². The lowest BCUT2D eigenvalue weighted by Crippen LogP contribution is -2.22. The van der Waals surface area contributed by atoms with Gasteiger partial charge in [-0.1, -0.05) is 53.8 Å². The van der Waals surface area contributed by atoms with Crippen LogP contribution in [0.1, 0.15) is 19.4 Å². The summed E-state index contributed by atoms with van der Waals surface area (Å²) in [6.07, 6.45) is 0. The van der Waals surface area contributed by atoms with Crippen molar-refractivity contribution in [3.8, 4) is 10.6 Å². The molecule has 2 aromatic carbocycles. The number of rotatable bonds is 7. The monoisotopic (exact) mass is 388 g/mol. The van der Waals surface area contributed by atoms with Crippen molar-refractivity contribution >= 4 is 32.2 Å². The molecule has 0 aliphatic heterocycles. The van der Waals surface area contributed by atoms with E-state index < -0.39 is 15.3 Å². The Bertz CT molecular complexity index is 952. The summed E-state index contributed by atoms with van der Waals surface area (Å²) >= 11 is 1.49. The average Bonchev–Trinajstić information content (AvgIpc) is 3.10. The largest absolute Gasteiger partial charge is 0.356 e. The van der Waals surface area contributed by atoms with Crippen LogP contribution in [-0.2, 0) is 16.6 Å². The number of hydrogen-bond acceptors (Lipinski definition) is 6. The predicted molar refractivity (Wildman–Crippen MR) is 107 cm³/mol. The molecule has 1 aromatic heterocycles. The summed E-state index contributed by atoms with van der Waals surface area (Å²) in [5.74, 6) is 0. The van der Waals surface area contributed by atoms with Crippen LogP contribution in [0.15, 0.2) is 54.6 Å². The summed E-state index contributed by atoms with van der Waals surface area (Å²) in [7, 11) is -3.33. The molecule has 0 bridgehead atoms. The van der Waals surface area contributed by atoms with Gasteiger partial charge in [-0.3, -0.25) is 4.72 Å². The first-order valence-corrected chi connectivity index (χ1v) is 10.5. The van der Waals surface area contributed by atoms with Crippen molar-refractivity contribution < 1.29 is 8.42 Å². The highest BCUT2D eigenvalue weighted by Gasteiger charge is 2.15. The molecule has 0 unspecified atom stereocenters. The highest BCUT2D eigenvalue weighted by Crippen LogP contribution is 2.26. The Labute approximate surface area is 157 Å². The van der Waals surface area contributed by atoms with Crippen molar-refractivity contribution in [2.24, 2.45) is 0 Å². The van der Waals surface area contributed by atoms with E-state index in [1.54, 1.807) is 26.0 Å². The number of nitrogens with zero attached hydrogens (tertiary/aromatic N) is 2.